The molecule has 4 nitrogen and oxygen atoms in total. The molecule has 0 spiro atoms. The minimum absolute atomic E-state index is 0.00561. The van der Waals surface area contributed by atoms with Crippen LogP contribution in [0.2, 0.25) is 0 Å². The minimum atomic E-state index is -0.00561. The molecule has 3 rings (SSSR count). The number of hydrogen-bond donors (Lipinski definition) is 0. The van der Waals surface area contributed by atoms with Gasteiger partial charge in [-0.05, 0) is 24.1 Å². The molecule has 0 saturated carbocycles. The summed E-state index contributed by atoms with van der Waals surface area (Å²) in [5, 5.41) is 0. The zero-order chi connectivity index (χ0) is 15.4. The number of ether oxygens (including phenoxy) is 1. The number of amides is 1. The number of carbonyl (C=O) groups is 1. The van der Waals surface area contributed by atoms with Crippen molar-refractivity contribution in [2.24, 2.45) is 7.05 Å². The maximum atomic E-state index is 12.4. The molecule has 1 aliphatic heterocycles. The second kappa shape index (κ2) is 6.79. The number of morpholine rings is 1. The van der Waals surface area contributed by atoms with Gasteiger partial charge in [0.25, 0.3) is 0 Å². The first kappa shape index (κ1) is 14.9. The summed E-state index contributed by atoms with van der Waals surface area (Å²) in [5.41, 5.74) is 2.34. The molecular formula is C18H22N2O2. The van der Waals surface area contributed by atoms with Gasteiger partial charge < -0.3 is 14.2 Å². The summed E-state index contributed by atoms with van der Waals surface area (Å²) in [5.74, 6) is 0.213. The van der Waals surface area contributed by atoms with E-state index < -0.39 is 0 Å². The van der Waals surface area contributed by atoms with Gasteiger partial charge in [-0.1, -0.05) is 30.3 Å². The molecule has 0 radical (unpaired) electrons. The molecule has 1 fully saturated rings. The fraction of sp³-hybridized carbons (Fsp3) is 0.389. The van der Waals surface area contributed by atoms with Crippen LogP contribution in [0.3, 0.4) is 0 Å². The van der Waals surface area contributed by atoms with E-state index in [-0.39, 0.29) is 12.0 Å². The summed E-state index contributed by atoms with van der Waals surface area (Å²) >= 11 is 0. The average molecular weight is 298 g/mol. The molecule has 22 heavy (non-hydrogen) atoms. The Balaban J connectivity index is 1.57. The Bertz CT molecular complexity index is 621. The number of aryl methyl sites for hydroxylation is 2. The minimum Gasteiger partial charge on any atom is -0.370 e. The number of benzene rings is 1. The number of rotatable bonds is 4. The van der Waals surface area contributed by atoms with Crippen molar-refractivity contribution >= 4 is 5.91 Å². The van der Waals surface area contributed by atoms with Gasteiger partial charge in [0, 0.05) is 31.9 Å². The highest BCUT2D eigenvalue weighted by Gasteiger charge is 2.25. The molecule has 0 N–H and O–H groups in total. The van der Waals surface area contributed by atoms with Crippen LogP contribution in [0.4, 0.5) is 0 Å². The molecule has 1 amide bonds. The van der Waals surface area contributed by atoms with Crippen molar-refractivity contribution in [2.75, 3.05) is 19.7 Å². The van der Waals surface area contributed by atoms with Crippen LogP contribution < -0.4 is 0 Å². The molecule has 1 aromatic carbocycles. The summed E-state index contributed by atoms with van der Waals surface area (Å²) in [6.45, 7) is 1.95. The molecule has 0 aliphatic carbocycles. The second-order valence-corrected chi connectivity index (χ2v) is 5.72. The standard InChI is InChI=1S/C18H22N2O2/c1-19-11-5-8-16(19)9-10-18(21)20-12-13-22-17(14-20)15-6-3-2-4-7-15/h2-8,11,17H,9-10,12-14H2,1H3/t17-/m0/s1. The molecule has 0 unspecified atom stereocenters. The smallest absolute Gasteiger partial charge is 0.223 e. The van der Waals surface area contributed by atoms with Crippen LogP contribution >= 0.6 is 0 Å². The van der Waals surface area contributed by atoms with E-state index in [0.717, 1.165) is 12.0 Å². The predicted octanol–water partition coefficient (Wildman–Crippen LogP) is 2.56. The van der Waals surface area contributed by atoms with Crippen LogP contribution in [0.5, 0.6) is 0 Å². The predicted molar refractivity (Wildman–Crippen MR) is 85.4 cm³/mol. The van der Waals surface area contributed by atoms with Gasteiger partial charge in [-0.3, -0.25) is 4.79 Å². The van der Waals surface area contributed by atoms with E-state index in [9.17, 15) is 4.79 Å². The Hall–Kier alpha value is -2.07. The number of aromatic nitrogens is 1. The third-order valence-electron chi connectivity index (χ3n) is 4.24. The van der Waals surface area contributed by atoms with E-state index in [1.807, 2.05) is 42.4 Å². The third kappa shape index (κ3) is 3.39. The van der Waals surface area contributed by atoms with Crippen molar-refractivity contribution in [3.05, 3.63) is 59.9 Å². The van der Waals surface area contributed by atoms with Crippen LogP contribution in [0, 0.1) is 0 Å². The van der Waals surface area contributed by atoms with Crippen LogP contribution in [0.15, 0.2) is 48.7 Å². The van der Waals surface area contributed by atoms with Gasteiger partial charge in [-0.25, -0.2) is 0 Å². The summed E-state index contributed by atoms with van der Waals surface area (Å²) in [7, 11) is 2.01. The summed E-state index contributed by atoms with van der Waals surface area (Å²) in [4.78, 5) is 14.4. The van der Waals surface area contributed by atoms with E-state index in [2.05, 4.69) is 22.8 Å². The largest absolute Gasteiger partial charge is 0.370 e. The Morgan fingerprint density at radius 1 is 1.23 bits per heavy atom. The van der Waals surface area contributed by atoms with Crippen LogP contribution in [-0.4, -0.2) is 35.1 Å². The summed E-state index contributed by atoms with van der Waals surface area (Å²) in [6, 6.07) is 14.2. The first-order valence-corrected chi connectivity index (χ1v) is 7.78. The van der Waals surface area contributed by atoms with E-state index in [4.69, 9.17) is 4.74 Å². The SMILES string of the molecule is Cn1cccc1CCC(=O)N1CCO[C@H](c2ccccc2)C1. The quantitative estimate of drug-likeness (QED) is 0.869. The Labute approximate surface area is 131 Å². The van der Waals surface area contributed by atoms with Gasteiger partial charge in [-0.2, -0.15) is 0 Å². The lowest BCUT2D eigenvalue weighted by Crippen LogP contribution is -2.42. The lowest BCUT2D eigenvalue weighted by atomic mass is 10.1. The average Bonchev–Trinajstić information content (AvgIpc) is 2.99. The van der Waals surface area contributed by atoms with Gasteiger partial charge in [-0.15, -0.1) is 0 Å². The molecule has 116 valence electrons. The lowest BCUT2D eigenvalue weighted by molar-refractivity contribution is -0.139. The zero-order valence-corrected chi connectivity index (χ0v) is 12.9. The maximum absolute atomic E-state index is 12.4. The third-order valence-corrected chi connectivity index (χ3v) is 4.24. The molecule has 2 aromatic rings. The normalized spacial score (nSPS) is 18.4. The second-order valence-electron chi connectivity index (χ2n) is 5.72. The van der Waals surface area contributed by atoms with E-state index in [1.54, 1.807) is 0 Å². The molecule has 1 aliphatic rings. The monoisotopic (exact) mass is 298 g/mol. The molecule has 0 bridgehead atoms. The summed E-state index contributed by atoms with van der Waals surface area (Å²) < 4.78 is 7.88. The van der Waals surface area contributed by atoms with E-state index in [1.165, 1.54) is 5.69 Å². The van der Waals surface area contributed by atoms with Crippen molar-refractivity contribution < 1.29 is 9.53 Å². The van der Waals surface area contributed by atoms with Crippen molar-refractivity contribution in [1.82, 2.24) is 9.47 Å². The topological polar surface area (TPSA) is 34.5 Å². The van der Waals surface area contributed by atoms with Gasteiger partial charge in [0.2, 0.25) is 5.91 Å². The Morgan fingerprint density at radius 3 is 2.77 bits per heavy atom. The van der Waals surface area contributed by atoms with E-state index >= 15 is 0 Å². The molecule has 4 heteroatoms. The lowest BCUT2D eigenvalue weighted by Gasteiger charge is -2.33. The highest BCUT2D eigenvalue weighted by Crippen LogP contribution is 2.22. The van der Waals surface area contributed by atoms with Crippen LogP contribution in [0.25, 0.3) is 0 Å². The maximum Gasteiger partial charge on any atom is 0.223 e. The number of nitrogens with zero attached hydrogens (tertiary/aromatic N) is 2. The number of hydrogen-bond acceptors (Lipinski definition) is 2. The number of carbonyl (C=O) groups excluding carboxylic acids is 1. The molecular weight excluding hydrogens is 276 g/mol. The van der Waals surface area contributed by atoms with Gasteiger partial charge in [0.1, 0.15) is 6.10 Å². The van der Waals surface area contributed by atoms with Crippen LogP contribution in [0.1, 0.15) is 23.8 Å². The van der Waals surface area contributed by atoms with Gasteiger partial charge in [0.05, 0.1) is 13.2 Å². The van der Waals surface area contributed by atoms with Gasteiger partial charge >= 0.3 is 0 Å². The fourth-order valence-electron chi connectivity index (χ4n) is 2.89. The molecule has 1 saturated heterocycles. The van der Waals surface area contributed by atoms with E-state index in [0.29, 0.717) is 26.1 Å². The van der Waals surface area contributed by atoms with Crippen molar-refractivity contribution in [1.29, 1.82) is 0 Å². The molecule has 2 heterocycles. The van der Waals surface area contributed by atoms with Crippen LogP contribution in [-0.2, 0) is 23.0 Å². The fourth-order valence-corrected chi connectivity index (χ4v) is 2.89. The van der Waals surface area contributed by atoms with Crippen molar-refractivity contribution in [3.63, 3.8) is 0 Å². The molecule has 1 aromatic heterocycles. The van der Waals surface area contributed by atoms with Crippen molar-refractivity contribution in [2.45, 2.75) is 18.9 Å². The first-order chi connectivity index (χ1) is 10.7. The van der Waals surface area contributed by atoms with Gasteiger partial charge in [0.15, 0.2) is 0 Å². The highest BCUT2D eigenvalue weighted by molar-refractivity contribution is 5.76. The highest BCUT2D eigenvalue weighted by atomic mass is 16.5. The molecule has 1 atom stereocenters. The zero-order valence-electron chi connectivity index (χ0n) is 12.9. The van der Waals surface area contributed by atoms with Crippen molar-refractivity contribution in [3.8, 4) is 0 Å². The summed E-state index contributed by atoms with van der Waals surface area (Å²) in [6.07, 6.45) is 3.35. The first-order valence-electron chi connectivity index (χ1n) is 7.78. The Kier molecular flexibility index (Phi) is 4.59. The Morgan fingerprint density at radius 2 is 2.05 bits per heavy atom.